The Bertz CT molecular complexity index is 573. The molecule has 0 spiro atoms. The van der Waals surface area contributed by atoms with Crippen LogP contribution in [0.15, 0.2) is 23.1 Å². The van der Waals surface area contributed by atoms with Gasteiger partial charge in [-0.25, -0.2) is 4.79 Å². The summed E-state index contributed by atoms with van der Waals surface area (Å²) in [5, 5.41) is 19.2. The van der Waals surface area contributed by atoms with Crippen LogP contribution >= 0.6 is 0 Å². The van der Waals surface area contributed by atoms with Crippen LogP contribution in [0.2, 0.25) is 0 Å². The Balaban J connectivity index is 0. The average molecular weight is 271 g/mol. The van der Waals surface area contributed by atoms with E-state index in [1.54, 1.807) is 0 Å². The molecule has 17 heavy (non-hydrogen) atoms. The van der Waals surface area contributed by atoms with E-state index in [2.05, 4.69) is 0 Å². The van der Waals surface area contributed by atoms with Gasteiger partial charge >= 0.3 is 51.3 Å². The Morgan fingerprint density at radius 3 is 2.29 bits per heavy atom. The normalized spacial score (nSPS) is 10.4. The SMILES string of the molecule is O=C(O)c1cccc(S(=O)(=O)O)c1[N+](=O)[O-].[H-].[Na+]. The molecule has 0 fully saturated rings. The number of carbonyl (C=O) groups is 1. The van der Waals surface area contributed by atoms with Gasteiger partial charge in [0.15, 0.2) is 4.90 Å². The maximum atomic E-state index is 10.8. The van der Waals surface area contributed by atoms with Crippen molar-refractivity contribution in [3.05, 3.63) is 33.9 Å². The summed E-state index contributed by atoms with van der Waals surface area (Å²) in [6.07, 6.45) is 0. The summed E-state index contributed by atoms with van der Waals surface area (Å²) in [6.45, 7) is 0. The van der Waals surface area contributed by atoms with Gasteiger partial charge in [0.05, 0.1) is 4.92 Å². The van der Waals surface area contributed by atoms with Gasteiger partial charge in [-0.15, -0.1) is 0 Å². The summed E-state index contributed by atoms with van der Waals surface area (Å²) in [6, 6.07) is 2.61. The Kier molecular flexibility index (Phi) is 5.23. The van der Waals surface area contributed by atoms with Crippen LogP contribution in [0.1, 0.15) is 11.8 Å². The van der Waals surface area contributed by atoms with Gasteiger partial charge in [0.25, 0.3) is 0 Å². The Morgan fingerprint density at radius 1 is 1.41 bits per heavy atom. The van der Waals surface area contributed by atoms with Gasteiger partial charge in [-0.05, 0) is 12.1 Å². The summed E-state index contributed by atoms with van der Waals surface area (Å²) in [4.78, 5) is 19.0. The third-order valence-electron chi connectivity index (χ3n) is 1.69. The first-order chi connectivity index (χ1) is 7.25. The molecule has 0 bridgehead atoms. The minimum Gasteiger partial charge on any atom is -1.00 e. The zero-order chi connectivity index (χ0) is 12.5. The molecular weight excluding hydrogens is 265 g/mol. The van der Waals surface area contributed by atoms with Crippen molar-refractivity contribution in [2.24, 2.45) is 0 Å². The van der Waals surface area contributed by atoms with E-state index in [1.807, 2.05) is 0 Å². The fourth-order valence-corrected chi connectivity index (χ4v) is 1.77. The number of nitro benzene ring substituents is 1. The van der Waals surface area contributed by atoms with Crippen LogP contribution in [0.4, 0.5) is 5.69 Å². The van der Waals surface area contributed by atoms with Gasteiger partial charge in [-0.3, -0.25) is 14.7 Å². The molecular formula is C7H6NNaO7S. The Morgan fingerprint density at radius 2 is 1.94 bits per heavy atom. The van der Waals surface area contributed by atoms with Crippen molar-refractivity contribution in [1.29, 1.82) is 0 Å². The molecule has 88 valence electrons. The van der Waals surface area contributed by atoms with E-state index in [9.17, 15) is 23.3 Å². The van der Waals surface area contributed by atoms with E-state index in [-0.39, 0.29) is 31.0 Å². The number of carboxylic acids is 1. The largest absolute Gasteiger partial charge is 1.00 e. The minimum atomic E-state index is -4.84. The second kappa shape index (κ2) is 5.56. The number of rotatable bonds is 3. The summed E-state index contributed by atoms with van der Waals surface area (Å²) in [5.41, 5.74) is -1.96. The van der Waals surface area contributed by atoms with Crippen LogP contribution in [-0.2, 0) is 10.1 Å². The Labute approximate surface area is 119 Å². The smallest absolute Gasteiger partial charge is 1.00 e. The van der Waals surface area contributed by atoms with Crippen molar-refractivity contribution in [3.63, 3.8) is 0 Å². The molecule has 0 aliphatic carbocycles. The average Bonchev–Trinajstić information content (AvgIpc) is 2.14. The topological polar surface area (TPSA) is 135 Å². The molecule has 0 heterocycles. The van der Waals surface area contributed by atoms with Gasteiger partial charge in [-0.1, -0.05) is 6.07 Å². The molecule has 1 rings (SSSR count). The first-order valence-corrected chi connectivity index (χ1v) is 5.17. The predicted molar refractivity (Wildman–Crippen MR) is 51.0 cm³/mol. The predicted octanol–water partition coefficient (Wildman–Crippen LogP) is -2.34. The summed E-state index contributed by atoms with van der Waals surface area (Å²) in [7, 11) is -4.84. The van der Waals surface area contributed by atoms with Crippen LogP contribution in [0.5, 0.6) is 0 Å². The molecule has 0 aliphatic heterocycles. The standard InChI is InChI=1S/C7H5NO7S.Na.H/c9-7(10)4-2-1-3-5(16(13,14)15)6(4)8(11)12;;/h1-3H,(H,9,10)(H,13,14,15);;/q;+1;-1. The molecule has 10 heteroatoms. The van der Waals surface area contributed by atoms with Crippen molar-refractivity contribution in [1.82, 2.24) is 0 Å². The first kappa shape index (κ1) is 16.0. The number of benzene rings is 1. The number of nitrogens with zero attached hydrogens (tertiary/aromatic N) is 1. The van der Waals surface area contributed by atoms with E-state index in [1.165, 1.54) is 0 Å². The van der Waals surface area contributed by atoms with E-state index in [4.69, 9.17) is 9.66 Å². The molecule has 0 aliphatic rings. The fourth-order valence-electron chi connectivity index (χ4n) is 1.09. The quantitative estimate of drug-likeness (QED) is 0.272. The molecule has 0 saturated carbocycles. The molecule has 0 atom stereocenters. The Hall–Kier alpha value is -1.00. The van der Waals surface area contributed by atoms with Crippen LogP contribution in [-0.4, -0.2) is 29.0 Å². The number of carboxylic acid groups (broad SMARTS) is 1. The van der Waals surface area contributed by atoms with Crippen LogP contribution in [0.3, 0.4) is 0 Å². The van der Waals surface area contributed by atoms with Gasteiger partial charge in [0.2, 0.25) is 0 Å². The molecule has 8 nitrogen and oxygen atoms in total. The van der Waals surface area contributed by atoms with Crippen molar-refractivity contribution < 1.29 is 58.8 Å². The summed E-state index contributed by atoms with van der Waals surface area (Å²) >= 11 is 0. The van der Waals surface area contributed by atoms with Crippen molar-refractivity contribution in [3.8, 4) is 0 Å². The zero-order valence-corrected chi connectivity index (χ0v) is 11.3. The molecule has 0 saturated heterocycles. The van der Waals surface area contributed by atoms with Gasteiger partial charge < -0.3 is 6.53 Å². The van der Waals surface area contributed by atoms with Crippen molar-refractivity contribution in [2.45, 2.75) is 4.90 Å². The number of aromatic carboxylic acids is 1. The number of nitro groups is 1. The minimum absolute atomic E-state index is 0. The monoisotopic (exact) mass is 271 g/mol. The molecule has 0 radical (unpaired) electrons. The number of para-hydroxylation sites is 1. The van der Waals surface area contributed by atoms with Crippen LogP contribution < -0.4 is 29.6 Å². The number of hydrogen-bond acceptors (Lipinski definition) is 5. The van der Waals surface area contributed by atoms with E-state index in [0.717, 1.165) is 18.2 Å². The van der Waals surface area contributed by atoms with Crippen LogP contribution in [0, 0.1) is 10.1 Å². The van der Waals surface area contributed by atoms with E-state index < -0.39 is 37.2 Å². The van der Waals surface area contributed by atoms with Gasteiger partial charge in [-0.2, -0.15) is 8.42 Å². The molecule has 1 aromatic rings. The molecule has 0 aromatic heterocycles. The molecule has 0 unspecified atom stereocenters. The van der Waals surface area contributed by atoms with Crippen molar-refractivity contribution >= 4 is 21.8 Å². The van der Waals surface area contributed by atoms with E-state index >= 15 is 0 Å². The molecule has 1 aromatic carbocycles. The second-order valence-corrected chi connectivity index (χ2v) is 4.08. The summed E-state index contributed by atoms with van der Waals surface area (Å²) in [5.74, 6) is -1.66. The second-order valence-electron chi connectivity index (χ2n) is 2.69. The van der Waals surface area contributed by atoms with Crippen molar-refractivity contribution in [2.75, 3.05) is 0 Å². The van der Waals surface area contributed by atoms with E-state index in [0.29, 0.717) is 0 Å². The summed E-state index contributed by atoms with van der Waals surface area (Å²) < 4.78 is 30.3. The van der Waals surface area contributed by atoms with Gasteiger partial charge in [0, 0.05) is 0 Å². The molecule has 0 amide bonds. The van der Waals surface area contributed by atoms with Gasteiger partial charge in [0.1, 0.15) is 5.56 Å². The zero-order valence-electron chi connectivity index (χ0n) is 9.52. The fraction of sp³-hybridized carbons (Fsp3) is 0. The number of hydrogen-bond donors (Lipinski definition) is 2. The maximum absolute atomic E-state index is 10.8. The third kappa shape index (κ3) is 3.48. The maximum Gasteiger partial charge on any atom is 1.00 e. The molecule has 2 N–H and O–H groups in total. The third-order valence-corrected chi connectivity index (χ3v) is 2.58. The first-order valence-electron chi connectivity index (χ1n) is 3.73. The van der Waals surface area contributed by atoms with Crippen LogP contribution in [0.25, 0.3) is 0 Å².